The molecule has 0 saturated heterocycles. The number of carboxylic acid groups (broad SMARTS) is 1. The summed E-state index contributed by atoms with van der Waals surface area (Å²) in [6, 6.07) is 2.36. The lowest BCUT2D eigenvalue weighted by atomic mass is 10.0. The number of ether oxygens (including phenoxy) is 1. The quantitative estimate of drug-likeness (QED) is 0.804. The van der Waals surface area contributed by atoms with Gasteiger partial charge in [0.1, 0.15) is 6.04 Å². The molecule has 0 aromatic carbocycles. The van der Waals surface area contributed by atoms with Crippen molar-refractivity contribution in [1.29, 1.82) is 0 Å². The van der Waals surface area contributed by atoms with Gasteiger partial charge in [-0.3, -0.25) is 4.79 Å². The topological polar surface area (TPSA) is 88.5 Å². The highest BCUT2D eigenvalue weighted by atomic mass is 16.5. The van der Waals surface area contributed by atoms with Gasteiger partial charge in [0.05, 0.1) is 6.10 Å². The molecule has 0 aliphatic rings. The highest BCUT2D eigenvalue weighted by Gasteiger charge is 2.24. The Balaban J connectivity index is 2.90. The molecule has 0 fully saturated rings. The van der Waals surface area contributed by atoms with Crippen LogP contribution >= 0.6 is 0 Å². The molecule has 1 atom stereocenters. The molecule has 1 aromatic rings. The van der Waals surface area contributed by atoms with Crippen LogP contribution in [0.3, 0.4) is 0 Å². The van der Waals surface area contributed by atoms with Gasteiger partial charge in [0.15, 0.2) is 11.4 Å². The summed E-state index contributed by atoms with van der Waals surface area (Å²) in [5.74, 6) is -1.10. The molecule has 0 saturated carbocycles. The van der Waals surface area contributed by atoms with Gasteiger partial charge < -0.3 is 15.2 Å². The van der Waals surface area contributed by atoms with Gasteiger partial charge in [-0.25, -0.2) is 9.78 Å². The molecule has 0 radical (unpaired) electrons. The van der Waals surface area contributed by atoms with Gasteiger partial charge in [0.2, 0.25) is 0 Å². The molecule has 1 rings (SSSR count). The fraction of sp³-hybridized carbons (Fsp3) is 0.533. The minimum absolute atomic E-state index is 0.0983. The Labute approximate surface area is 124 Å². The Kier molecular flexibility index (Phi) is 6.14. The summed E-state index contributed by atoms with van der Waals surface area (Å²) in [7, 11) is 0. The van der Waals surface area contributed by atoms with Crippen LogP contribution in [0, 0.1) is 5.92 Å². The predicted molar refractivity (Wildman–Crippen MR) is 78.3 cm³/mol. The van der Waals surface area contributed by atoms with E-state index in [2.05, 4.69) is 10.3 Å². The Bertz CT molecular complexity index is 500. The first-order valence-corrected chi connectivity index (χ1v) is 6.96. The third-order valence-corrected chi connectivity index (χ3v) is 2.66. The molecule has 116 valence electrons. The van der Waals surface area contributed by atoms with Crippen LogP contribution in [0.25, 0.3) is 0 Å². The standard InChI is InChI=1S/C15H22N2O4/c1-9(2)8-11(15(19)20)17-14(18)13-12(21-10(3)4)6-5-7-16-13/h5-7,9-11H,8H2,1-4H3,(H,17,18)(H,19,20)/t11-/m1/s1. The number of carboxylic acids is 1. The zero-order chi connectivity index (χ0) is 16.0. The lowest BCUT2D eigenvalue weighted by molar-refractivity contribution is -0.139. The third-order valence-electron chi connectivity index (χ3n) is 2.66. The summed E-state index contributed by atoms with van der Waals surface area (Å²) in [4.78, 5) is 27.4. The first kappa shape index (κ1) is 16.9. The van der Waals surface area contributed by atoms with Crippen molar-refractivity contribution in [2.75, 3.05) is 0 Å². The smallest absolute Gasteiger partial charge is 0.326 e. The van der Waals surface area contributed by atoms with E-state index in [1.807, 2.05) is 27.7 Å². The molecule has 1 aromatic heterocycles. The summed E-state index contributed by atoms with van der Waals surface area (Å²) >= 11 is 0. The summed E-state index contributed by atoms with van der Waals surface area (Å²) in [6.07, 6.45) is 1.72. The van der Waals surface area contributed by atoms with E-state index in [1.54, 1.807) is 12.1 Å². The SMILES string of the molecule is CC(C)C[C@@H](NC(=O)c1ncccc1OC(C)C)C(=O)O. The maximum absolute atomic E-state index is 12.2. The number of nitrogens with one attached hydrogen (secondary N) is 1. The van der Waals surface area contributed by atoms with Gasteiger partial charge in [-0.2, -0.15) is 0 Å². The van der Waals surface area contributed by atoms with Crippen LogP contribution in [0.15, 0.2) is 18.3 Å². The van der Waals surface area contributed by atoms with E-state index in [-0.39, 0.29) is 17.7 Å². The molecular formula is C15H22N2O4. The number of aromatic nitrogens is 1. The molecule has 21 heavy (non-hydrogen) atoms. The molecule has 0 spiro atoms. The van der Waals surface area contributed by atoms with Crippen LogP contribution in [0.5, 0.6) is 5.75 Å². The highest BCUT2D eigenvalue weighted by molar-refractivity contribution is 5.97. The Morgan fingerprint density at radius 2 is 2.00 bits per heavy atom. The van der Waals surface area contributed by atoms with E-state index in [0.29, 0.717) is 12.2 Å². The van der Waals surface area contributed by atoms with Gasteiger partial charge in [-0.1, -0.05) is 13.8 Å². The van der Waals surface area contributed by atoms with Crippen LogP contribution in [0.1, 0.15) is 44.6 Å². The molecule has 2 N–H and O–H groups in total. The normalized spacial score (nSPS) is 12.3. The number of carbonyl (C=O) groups excluding carboxylic acids is 1. The Morgan fingerprint density at radius 3 is 2.52 bits per heavy atom. The number of rotatable bonds is 7. The maximum atomic E-state index is 12.2. The average molecular weight is 294 g/mol. The van der Waals surface area contributed by atoms with E-state index >= 15 is 0 Å². The molecule has 0 aliphatic carbocycles. The third kappa shape index (κ3) is 5.41. The summed E-state index contributed by atoms with van der Waals surface area (Å²) in [6.45, 7) is 7.48. The fourth-order valence-corrected chi connectivity index (χ4v) is 1.83. The monoisotopic (exact) mass is 294 g/mol. The zero-order valence-electron chi connectivity index (χ0n) is 12.8. The second kappa shape index (κ2) is 7.61. The average Bonchev–Trinajstić information content (AvgIpc) is 2.37. The van der Waals surface area contributed by atoms with Crippen LogP contribution in [-0.4, -0.2) is 34.1 Å². The van der Waals surface area contributed by atoms with Gasteiger partial charge in [0.25, 0.3) is 5.91 Å². The van der Waals surface area contributed by atoms with Crippen LogP contribution in [-0.2, 0) is 4.79 Å². The molecule has 6 nitrogen and oxygen atoms in total. The molecule has 1 amide bonds. The molecule has 0 aliphatic heterocycles. The molecule has 6 heteroatoms. The van der Waals surface area contributed by atoms with Crippen molar-refractivity contribution in [1.82, 2.24) is 10.3 Å². The Morgan fingerprint density at radius 1 is 1.33 bits per heavy atom. The first-order valence-electron chi connectivity index (χ1n) is 6.96. The predicted octanol–water partition coefficient (Wildman–Crippen LogP) is 2.10. The minimum Gasteiger partial charge on any atom is -0.489 e. The number of carbonyl (C=O) groups is 2. The fourth-order valence-electron chi connectivity index (χ4n) is 1.83. The van der Waals surface area contributed by atoms with Crippen molar-refractivity contribution >= 4 is 11.9 Å². The van der Waals surface area contributed by atoms with Crippen molar-refractivity contribution in [3.63, 3.8) is 0 Å². The summed E-state index contributed by atoms with van der Waals surface area (Å²) in [5.41, 5.74) is 0.0983. The lowest BCUT2D eigenvalue weighted by Gasteiger charge is -2.18. The lowest BCUT2D eigenvalue weighted by Crippen LogP contribution is -2.42. The molecule has 1 heterocycles. The molecule has 0 bridgehead atoms. The second-order valence-electron chi connectivity index (χ2n) is 5.51. The van der Waals surface area contributed by atoms with Crippen molar-refractivity contribution in [3.05, 3.63) is 24.0 Å². The van der Waals surface area contributed by atoms with Crippen LogP contribution < -0.4 is 10.1 Å². The summed E-state index contributed by atoms with van der Waals surface area (Å²) < 4.78 is 5.52. The Hall–Kier alpha value is -2.11. The van der Waals surface area contributed by atoms with Gasteiger partial charge >= 0.3 is 5.97 Å². The second-order valence-corrected chi connectivity index (χ2v) is 5.51. The van der Waals surface area contributed by atoms with Crippen LogP contribution in [0.4, 0.5) is 0 Å². The number of hydrogen-bond acceptors (Lipinski definition) is 4. The van der Waals surface area contributed by atoms with E-state index < -0.39 is 17.9 Å². The van der Waals surface area contributed by atoms with Crippen molar-refractivity contribution in [2.24, 2.45) is 5.92 Å². The van der Waals surface area contributed by atoms with Gasteiger partial charge in [0, 0.05) is 6.20 Å². The van der Waals surface area contributed by atoms with Crippen molar-refractivity contribution in [2.45, 2.75) is 46.3 Å². The number of aliphatic carboxylic acids is 1. The maximum Gasteiger partial charge on any atom is 0.326 e. The largest absolute Gasteiger partial charge is 0.489 e. The van der Waals surface area contributed by atoms with Crippen molar-refractivity contribution < 1.29 is 19.4 Å². The highest BCUT2D eigenvalue weighted by Crippen LogP contribution is 2.17. The molecule has 0 unspecified atom stereocenters. The van der Waals surface area contributed by atoms with E-state index in [0.717, 1.165) is 0 Å². The van der Waals surface area contributed by atoms with Gasteiger partial charge in [-0.15, -0.1) is 0 Å². The number of hydrogen-bond donors (Lipinski definition) is 2. The van der Waals surface area contributed by atoms with Crippen molar-refractivity contribution in [3.8, 4) is 5.75 Å². The minimum atomic E-state index is -1.06. The zero-order valence-corrected chi connectivity index (χ0v) is 12.8. The van der Waals surface area contributed by atoms with E-state index in [9.17, 15) is 9.59 Å². The first-order chi connectivity index (χ1) is 9.81. The van der Waals surface area contributed by atoms with Gasteiger partial charge in [-0.05, 0) is 38.3 Å². The van der Waals surface area contributed by atoms with E-state index in [4.69, 9.17) is 9.84 Å². The number of amides is 1. The van der Waals surface area contributed by atoms with Crippen LogP contribution in [0.2, 0.25) is 0 Å². The summed E-state index contributed by atoms with van der Waals surface area (Å²) in [5, 5.41) is 11.7. The number of nitrogens with zero attached hydrogens (tertiary/aromatic N) is 1. The molecular weight excluding hydrogens is 272 g/mol. The van der Waals surface area contributed by atoms with E-state index in [1.165, 1.54) is 6.20 Å². The number of pyridine rings is 1.